The Kier molecular flexibility index (Phi) is 8.35. The van der Waals surface area contributed by atoms with E-state index >= 15 is 0 Å². The molecule has 2 fully saturated rings. The molecule has 222 valence electrons. The van der Waals surface area contributed by atoms with Gasteiger partial charge in [0.1, 0.15) is 53.7 Å². The molecule has 41 heavy (non-hydrogen) atoms. The van der Waals surface area contributed by atoms with Gasteiger partial charge in [-0.05, 0) is 51.6 Å². The molecular formula is C26H35N6O8P. The molecule has 7 atom stereocenters. The summed E-state index contributed by atoms with van der Waals surface area (Å²) >= 11 is 0. The molecule has 0 bridgehead atoms. The summed E-state index contributed by atoms with van der Waals surface area (Å²) in [6, 6.07) is 10.6. The zero-order valence-corrected chi connectivity index (χ0v) is 23.9. The number of nitrogens with two attached hydrogens (primary N) is 1. The second kappa shape index (κ2) is 11.6. The lowest BCUT2D eigenvalue weighted by Gasteiger charge is -2.30. The average molecular weight is 591 g/mol. The Morgan fingerprint density at radius 1 is 1.29 bits per heavy atom. The largest absolute Gasteiger partial charge is 0.460 e. The van der Waals surface area contributed by atoms with Crippen LogP contribution in [0.5, 0.6) is 5.75 Å². The van der Waals surface area contributed by atoms with Gasteiger partial charge in [0.2, 0.25) is 0 Å². The predicted molar refractivity (Wildman–Crippen MR) is 147 cm³/mol. The molecule has 15 heteroatoms. The van der Waals surface area contributed by atoms with Crippen LogP contribution >= 0.6 is 7.75 Å². The molecular weight excluding hydrogens is 555 g/mol. The number of ether oxygens (including phenoxy) is 2. The average Bonchev–Trinajstić information content (AvgIpc) is 3.62. The standard InChI is InChI=1S/C26H35N6O8P/c1-16(25(35)38-18-11-12-31(3)13-18)30-41(36,40-17-7-5-4-6-8-17)37-14-26(2)23(34)21(33)22(39-26)19-9-10-20-24(27)28-15-29-32(19)20/h4-10,15-16,18,21-23,33-34H,11-14H2,1-3H3,(H,30,36)(H2,27,28,29)/t16-,18-,21-,22-,23-,26+,41?/m0/s1. The molecule has 2 aromatic heterocycles. The van der Waals surface area contributed by atoms with Crippen molar-refractivity contribution >= 4 is 25.1 Å². The quantitative estimate of drug-likeness (QED) is 0.196. The smallest absolute Gasteiger partial charge is 0.459 e. The number of esters is 1. The molecule has 0 spiro atoms. The van der Waals surface area contributed by atoms with Gasteiger partial charge in [-0.3, -0.25) is 9.32 Å². The molecule has 0 saturated carbocycles. The first-order chi connectivity index (χ1) is 19.5. The monoisotopic (exact) mass is 590 g/mol. The highest BCUT2D eigenvalue weighted by Gasteiger charge is 2.54. The van der Waals surface area contributed by atoms with Gasteiger partial charge in [-0.15, -0.1) is 0 Å². The number of rotatable bonds is 10. The number of para-hydroxylation sites is 1. The van der Waals surface area contributed by atoms with Gasteiger partial charge < -0.3 is 34.8 Å². The van der Waals surface area contributed by atoms with Crippen LogP contribution in [0, 0.1) is 0 Å². The van der Waals surface area contributed by atoms with E-state index in [1.165, 1.54) is 24.7 Å². The minimum Gasteiger partial charge on any atom is -0.460 e. The number of nitrogens with zero attached hydrogens (tertiary/aromatic N) is 4. The number of aliphatic hydroxyl groups is 2. The molecule has 0 amide bonds. The summed E-state index contributed by atoms with van der Waals surface area (Å²) < 4.78 is 38.6. The van der Waals surface area contributed by atoms with E-state index in [0.717, 1.165) is 6.54 Å². The molecule has 5 N–H and O–H groups in total. The van der Waals surface area contributed by atoms with E-state index < -0.39 is 50.3 Å². The third-order valence-electron chi connectivity index (χ3n) is 7.28. The fraction of sp³-hybridized carbons (Fsp3) is 0.500. The molecule has 2 saturated heterocycles. The highest BCUT2D eigenvalue weighted by Crippen LogP contribution is 2.48. The van der Waals surface area contributed by atoms with Gasteiger partial charge in [-0.1, -0.05) is 18.2 Å². The zero-order valence-electron chi connectivity index (χ0n) is 23.0. The van der Waals surface area contributed by atoms with Gasteiger partial charge in [0.05, 0.1) is 12.3 Å². The van der Waals surface area contributed by atoms with Crippen molar-refractivity contribution in [3.8, 4) is 5.75 Å². The van der Waals surface area contributed by atoms with E-state index in [1.54, 1.807) is 42.5 Å². The Labute approximate surface area is 236 Å². The highest BCUT2D eigenvalue weighted by atomic mass is 31.2. The van der Waals surface area contributed by atoms with Crippen LogP contribution in [-0.2, 0) is 23.4 Å². The minimum atomic E-state index is -4.25. The molecule has 5 rings (SSSR count). The van der Waals surface area contributed by atoms with Gasteiger partial charge in [0.25, 0.3) is 0 Å². The molecule has 3 aromatic rings. The number of aliphatic hydroxyl groups excluding tert-OH is 2. The van der Waals surface area contributed by atoms with E-state index in [4.69, 9.17) is 24.3 Å². The molecule has 2 aliphatic heterocycles. The second-order valence-corrected chi connectivity index (χ2v) is 12.3. The molecule has 0 aliphatic carbocycles. The van der Waals surface area contributed by atoms with Crippen molar-refractivity contribution in [2.45, 2.75) is 56.3 Å². The van der Waals surface area contributed by atoms with E-state index in [9.17, 15) is 19.6 Å². The van der Waals surface area contributed by atoms with Gasteiger partial charge in [-0.2, -0.15) is 10.2 Å². The molecule has 4 heterocycles. The lowest BCUT2D eigenvalue weighted by Crippen LogP contribution is -2.45. The summed E-state index contributed by atoms with van der Waals surface area (Å²) in [4.78, 5) is 18.8. The van der Waals surface area contributed by atoms with Gasteiger partial charge >= 0.3 is 13.7 Å². The first-order valence-corrected chi connectivity index (χ1v) is 14.8. The number of likely N-dealkylation sites (N-methyl/N-ethyl adjacent to an activating group) is 1. The number of aromatic nitrogens is 3. The fourth-order valence-electron chi connectivity index (χ4n) is 4.97. The number of anilines is 1. The van der Waals surface area contributed by atoms with Crippen LogP contribution in [0.2, 0.25) is 0 Å². The van der Waals surface area contributed by atoms with Crippen LogP contribution in [0.25, 0.3) is 5.52 Å². The Balaban J connectivity index is 1.32. The van der Waals surface area contributed by atoms with Gasteiger partial charge in [-0.25, -0.2) is 14.1 Å². The minimum absolute atomic E-state index is 0.231. The van der Waals surface area contributed by atoms with Crippen LogP contribution in [0.1, 0.15) is 32.1 Å². The van der Waals surface area contributed by atoms with E-state index in [1.807, 2.05) is 7.05 Å². The summed E-state index contributed by atoms with van der Waals surface area (Å²) in [6.07, 6.45) is -2.13. The number of nitrogens with one attached hydrogen (secondary N) is 1. The van der Waals surface area contributed by atoms with Crippen molar-refractivity contribution in [2.24, 2.45) is 0 Å². The second-order valence-electron chi connectivity index (χ2n) is 10.6. The van der Waals surface area contributed by atoms with Crippen molar-refractivity contribution < 1.29 is 38.1 Å². The number of likely N-dealkylation sites (tertiary alicyclic amines) is 1. The summed E-state index contributed by atoms with van der Waals surface area (Å²) in [5.41, 5.74) is 5.34. The van der Waals surface area contributed by atoms with E-state index in [-0.39, 0.29) is 17.7 Å². The third-order valence-corrected chi connectivity index (χ3v) is 8.91. The van der Waals surface area contributed by atoms with Crippen molar-refractivity contribution in [3.63, 3.8) is 0 Å². The molecule has 2 aliphatic rings. The van der Waals surface area contributed by atoms with Crippen molar-refractivity contribution in [3.05, 3.63) is 54.5 Å². The fourth-order valence-corrected chi connectivity index (χ4v) is 6.55. The Morgan fingerprint density at radius 2 is 2.05 bits per heavy atom. The van der Waals surface area contributed by atoms with E-state index in [0.29, 0.717) is 24.2 Å². The van der Waals surface area contributed by atoms with Crippen LogP contribution in [0.3, 0.4) is 0 Å². The summed E-state index contributed by atoms with van der Waals surface area (Å²) in [5.74, 6) is -0.136. The third kappa shape index (κ3) is 6.24. The summed E-state index contributed by atoms with van der Waals surface area (Å²) in [6.45, 7) is 3.97. The molecule has 1 unspecified atom stereocenters. The zero-order chi connectivity index (χ0) is 29.4. The Hall–Kier alpha value is -3.10. The maximum absolute atomic E-state index is 14.0. The predicted octanol–water partition coefficient (Wildman–Crippen LogP) is 1.29. The summed E-state index contributed by atoms with van der Waals surface area (Å²) in [7, 11) is -2.31. The molecule has 14 nitrogen and oxygen atoms in total. The SMILES string of the molecule is C[C@H](NP(=O)(OC[C@@]1(C)O[C@@H](c2ccc3c(N)ncnn23)[C@H](O)[C@@H]1O)Oc1ccccc1)C(=O)O[C@H]1CCN(C)C1. The van der Waals surface area contributed by atoms with Crippen LogP contribution in [0.4, 0.5) is 5.82 Å². The summed E-state index contributed by atoms with van der Waals surface area (Å²) in [5, 5.41) is 28.8. The number of carbonyl (C=O) groups is 1. The number of hydrogen-bond acceptors (Lipinski definition) is 12. The topological polar surface area (TPSA) is 183 Å². The van der Waals surface area contributed by atoms with Crippen LogP contribution < -0.4 is 15.3 Å². The van der Waals surface area contributed by atoms with Gasteiger partial charge in [0, 0.05) is 13.1 Å². The number of nitrogen functional groups attached to an aromatic ring is 1. The lowest BCUT2D eigenvalue weighted by molar-refractivity contribution is -0.150. The lowest BCUT2D eigenvalue weighted by atomic mass is 9.97. The van der Waals surface area contributed by atoms with Crippen molar-refractivity contribution in [2.75, 3.05) is 32.5 Å². The molecule has 0 radical (unpaired) electrons. The first-order valence-electron chi connectivity index (χ1n) is 13.3. The number of fused-ring (bicyclic) bond motifs is 1. The Morgan fingerprint density at radius 3 is 2.76 bits per heavy atom. The number of carbonyl (C=O) groups excluding carboxylic acids is 1. The maximum Gasteiger partial charge on any atom is 0.459 e. The van der Waals surface area contributed by atoms with Crippen LogP contribution in [0.15, 0.2) is 48.8 Å². The van der Waals surface area contributed by atoms with Gasteiger partial charge in [0.15, 0.2) is 5.82 Å². The van der Waals surface area contributed by atoms with Crippen LogP contribution in [-0.4, -0.2) is 92.4 Å². The number of benzene rings is 1. The highest BCUT2D eigenvalue weighted by molar-refractivity contribution is 7.52. The van der Waals surface area contributed by atoms with E-state index in [2.05, 4.69) is 20.1 Å². The normalized spacial score (nSPS) is 28.9. The molecule has 1 aromatic carbocycles. The van der Waals surface area contributed by atoms with Crippen molar-refractivity contribution in [1.29, 1.82) is 0 Å². The first kappa shape index (κ1) is 29.4. The number of hydrogen-bond donors (Lipinski definition) is 4. The Bertz CT molecular complexity index is 1430. The van der Waals surface area contributed by atoms with Crippen molar-refractivity contribution in [1.82, 2.24) is 24.6 Å². The maximum atomic E-state index is 14.0.